The highest BCUT2D eigenvalue weighted by molar-refractivity contribution is 6.34. The van der Waals surface area contributed by atoms with Crippen molar-refractivity contribution in [3.63, 3.8) is 0 Å². The van der Waals surface area contributed by atoms with Crippen LogP contribution >= 0.6 is 0 Å². The number of nitrogens with zero attached hydrogens (tertiary/aromatic N) is 1. The van der Waals surface area contributed by atoms with Gasteiger partial charge in [-0.05, 0) is 12.8 Å². The molecule has 16 heavy (non-hydrogen) atoms. The number of carbonyl (C=O) groups is 2. The lowest BCUT2D eigenvalue weighted by molar-refractivity contribution is -0.147. The number of piperidine rings is 1. The SMILES string of the molecule is NNC(=O)C(=O)N1CCC(OCCO)CC1. The predicted molar refractivity (Wildman–Crippen MR) is 55.0 cm³/mol. The van der Waals surface area contributed by atoms with Gasteiger partial charge in [0.15, 0.2) is 0 Å². The lowest BCUT2D eigenvalue weighted by Gasteiger charge is -2.31. The van der Waals surface area contributed by atoms with E-state index < -0.39 is 11.8 Å². The second-order valence-corrected chi connectivity index (χ2v) is 3.56. The quantitative estimate of drug-likeness (QED) is 0.225. The fraction of sp³-hybridized carbons (Fsp3) is 0.778. The van der Waals surface area contributed by atoms with Gasteiger partial charge in [0.05, 0.1) is 19.3 Å². The molecule has 1 rings (SSSR count). The average Bonchev–Trinajstić information content (AvgIpc) is 2.35. The minimum absolute atomic E-state index is 0.00523. The Hall–Kier alpha value is -1.18. The maximum Gasteiger partial charge on any atom is 0.323 e. The summed E-state index contributed by atoms with van der Waals surface area (Å²) in [5, 5.41) is 8.59. The molecular weight excluding hydrogens is 214 g/mol. The zero-order chi connectivity index (χ0) is 12.0. The number of amides is 2. The molecule has 0 radical (unpaired) electrons. The van der Waals surface area contributed by atoms with Gasteiger partial charge >= 0.3 is 11.8 Å². The van der Waals surface area contributed by atoms with Crippen LogP contribution in [0.25, 0.3) is 0 Å². The molecule has 0 aromatic rings. The molecule has 0 aliphatic carbocycles. The smallest absolute Gasteiger partial charge is 0.323 e. The first-order valence-corrected chi connectivity index (χ1v) is 5.21. The molecule has 0 atom stereocenters. The van der Waals surface area contributed by atoms with Crippen molar-refractivity contribution >= 4 is 11.8 Å². The third kappa shape index (κ3) is 3.44. The van der Waals surface area contributed by atoms with Crippen molar-refractivity contribution in [1.29, 1.82) is 0 Å². The number of carbonyl (C=O) groups excluding carboxylic acids is 2. The Morgan fingerprint density at radius 1 is 1.44 bits per heavy atom. The van der Waals surface area contributed by atoms with Gasteiger partial charge < -0.3 is 14.7 Å². The van der Waals surface area contributed by atoms with Crippen LogP contribution in [0.2, 0.25) is 0 Å². The third-order valence-corrected chi connectivity index (χ3v) is 2.50. The average molecular weight is 231 g/mol. The fourth-order valence-electron chi connectivity index (χ4n) is 1.65. The largest absolute Gasteiger partial charge is 0.394 e. The summed E-state index contributed by atoms with van der Waals surface area (Å²) in [5.41, 5.74) is 1.81. The van der Waals surface area contributed by atoms with E-state index in [1.165, 1.54) is 4.90 Å². The lowest BCUT2D eigenvalue weighted by atomic mass is 10.1. The highest BCUT2D eigenvalue weighted by Crippen LogP contribution is 2.13. The molecule has 1 fully saturated rings. The van der Waals surface area contributed by atoms with Gasteiger partial charge in [0.1, 0.15) is 0 Å². The summed E-state index contributed by atoms with van der Waals surface area (Å²) in [4.78, 5) is 23.8. The second-order valence-electron chi connectivity index (χ2n) is 3.56. The Morgan fingerprint density at radius 3 is 2.56 bits per heavy atom. The highest BCUT2D eigenvalue weighted by Gasteiger charge is 2.26. The van der Waals surface area contributed by atoms with Crippen molar-refractivity contribution in [2.45, 2.75) is 18.9 Å². The molecule has 7 nitrogen and oxygen atoms in total. The number of hydrogen-bond acceptors (Lipinski definition) is 5. The summed E-state index contributed by atoms with van der Waals surface area (Å²) >= 11 is 0. The monoisotopic (exact) mass is 231 g/mol. The predicted octanol–water partition coefficient (Wildman–Crippen LogP) is -2.02. The van der Waals surface area contributed by atoms with Crippen molar-refractivity contribution in [2.24, 2.45) is 5.84 Å². The minimum atomic E-state index is -0.797. The van der Waals surface area contributed by atoms with Crippen molar-refractivity contribution in [2.75, 3.05) is 26.3 Å². The Balaban J connectivity index is 2.31. The molecule has 4 N–H and O–H groups in total. The Morgan fingerprint density at radius 2 is 2.06 bits per heavy atom. The second kappa shape index (κ2) is 6.41. The number of aliphatic hydroxyl groups is 1. The topological polar surface area (TPSA) is 105 Å². The normalized spacial score (nSPS) is 17.2. The zero-order valence-corrected chi connectivity index (χ0v) is 9.02. The molecule has 1 aliphatic heterocycles. The van der Waals surface area contributed by atoms with Crippen molar-refractivity contribution < 1.29 is 19.4 Å². The van der Waals surface area contributed by atoms with Gasteiger partial charge in [0.25, 0.3) is 0 Å². The van der Waals surface area contributed by atoms with Gasteiger partial charge in [-0.15, -0.1) is 0 Å². The molecule has 92 valence electrons. The van der Waals surface area contributed by atoms with Crippen molar-refractivity contribution in [1.82, 2.24) is 10.3 Å². The van der Waals surface area contributed by atoms with Gasteiger partial charge in [-0.25, -0.2) is 5.84 Å². The first kappa shape index (κ1) is 12.9. The molecule has 0 unspecified atom stereocenters. The maximum atomic E-state index is 11.4. The molecule has 1 saturated heterocycles. The van der Waals surface area contributed by atoms with E-state index in [0.717, 1.165) is 0 Å². The van der Waals surface area contributed by atoms with Crippen LogP contribution in [0.4, 0.5) is 0 Å². The standard InChI is InChI=1S/C9H17N3O4/c10-11-8(14)9(15)12-3-1-7(2-4-12)16-6-5-13/h7,13H,1-6,10H2,(H,11,14). The van der Waals surface area contributed by atoms with Crippen LogP contribution in [0.1, 0.15) is 12.8 Å². The molecule has 0 bridgehead atoms. The summed E-state index contributed by atoms with van der Waals surface area (Å²) in [6.45, 7) is 1.25. The van der Waals surface area contributed by atoms with Crippen LogP contribution in [-0.4, -0.2) is 54.2 Å². The van der Waals surface area contributed by atoms with Gasteiger partial charge in [0.2, 0.25) is 0 Å². The number of aliphatic hydroxyl groups excluding tert-OH is 1. The van der Waals surface area contributed by atoms with Crippen molar-refractivity contribution in [3.8, 4) is 0 Å². The van der Waals surface area contributed by atoms with E-state index in [2.05, 4.69) is 0 Å². The van der Waals surface area contributed by atoms with Crippen LogP contribution in [0.15, 0.2) is 0 Å². The molecule has 2 amide bonds. The van der Waals surface area contributed by atoms with Crippen LogP contribution in [0, 0.1) is 0 Å². The van der Waals surface area contributed by atoms with Crippen LogP contribution in [0.5, 0.6) is 0 Å². The number of nitrogens with two attached hydrogens (primary N) is 1. The lowest BCUT2D eigenvalue weighted by Crippen LogP contribution is -2.49. The molecule has 1 heterocycles. The summed E-state index contributed by atoms with van der Waals surface area (Å²) in [5.74, 6) is 3.47. The minimum Gasteiger partial charge on any atom is -0.394 e. The van der Waals surface area contributed by atoms with E-state index in [-0.39, 0.29) is 12.7 Å². The van der Waals surface area contributed by atoms with E-state index in [9.17, 15) is 9.59 Å². The summed E-state index contributed by atoms with van der Waals surface area (Å²) in [6, 6.07) is 0. The first-order chi connectivity index (χ1) is 7.69. The van der Waals surface area contributed by atoms with E-state index in [1.54, 1.807) is 0 Å². The van der Waals surface area contributed by atoms with E-state index in [0.29, 0.717) is 32.5 Å². The van der Waals surface area contributed by atoms with Gasteiger partial charge in [0, 0.05) is 13.1 Å². The highest BCUT2D eigenvalue weighted by atomic mass is 16.5. The third-order valence-electron chi connectivity index (χ3n) is 2.50. The van der Waals surface area contributed by atoms with E-state index >= 15 is 0 Å². The number of ether oxygens (including phenoxy) is 1. The van der Waals surface area contributed by atoms with Gasteiger partial charge in [-0.2, -0.15) is 0 Å². The van der Waals surface area contributed by atoms with Crippen LogP contribution in [-0.2, 0) is 14.3 Å². The van der Waals surface area contributed by atoms with Crippen LogP contribution < -0.4 is 11.3 Å². The molecular formula is C9H17N3O4. The zero-order valence-electron chi connectivity index (χ0n) is 9.02. The Labute approximate surface area is 93.5 Å². The number of hydrazine groups is 1. The number of nitrogens with one attached hydrogen (secondary N) is 1. The van der Waals surface area contributed by atoms with E-state index in [1.807, 2.05) is 5.43 Å². The first-order valence-electron chi connectivity index (χ1n) is 5.21. The number of hydrogen-bond donors (Lipinski definition) is 3. The van der Waals surface area contributed by atoms with Gasteiger partial charge in [-0.3, -0.25) is 15.0 Å². The maximum absolute atomic E-state index is 11.4. The summed E-state index contributed by atoms with van der Waals surface area (Å²) in [7, 11) is 0. The summed E-state index contributed by atoms with van der Waals surface area (Å²) < 4.78 is 5.33. The molecule has 0 aromatic carbocycles. The fourth-order valence-corrected chi connectivity index (χ4v) is 1.65. The summed E-state index contributed by atoms with van der Waals surface area (Å²) in [6.07, 6.45) is 1.39. The molecule has 7 heteroatoms. The van der Waals surface area contributed by atoms with Gasteiger partial charge in [-0.1, -0.05) is 0 Å². The Kier molecular flexibility index (Phi) is 5.17. The van der Waals surface area contributed by atoms with E-state index in [4.69, 9.17) is 15.7 Å². The number of likely N-dealkylation sites (tertiary alicyclic amines) is 1. The van der Waals surface area contributed by atoms with Crippen LogP contribution in [0.3, 0.4) is 0 Å². The number of rotatable bonds is 3. The molecule has 0 aromatic heterocycles. The molecule has 1 aliphatic rings. The van der Waals surface area contributed by atoms with Crippen molar-refractivity contribution in [3.05, 3.63) is 0 Å². The Bertz CT molecular complexity index is 251. The molecule has 0 saturated carbocycles. The molecule has 0 spiro atoms.